The quantitative estimate of drug-likeness (QED) is 0.743. The van der Waals surface area contributed by atoms with Crippen molar-refractivity contribution in [3.63, 3.8) is 0 Å². The molecule has 0 unspecified atom stereocenters. The third-order valence-electron chi connectivity index (χ3n) is 3.66. The molecule has 5 heteroatoms. The van der Waals surface area contributed by atoms with Crippen LogP contribution in [-0.2, 0) is 0 Å². The molecule has 1 amide bonds. The van der Waals surface area contributed by atoms with Gasteiger partial charge in [-0.15, -0.1) is 0 Å². The summed E-state index contributed by atoms with van der Waals surface area (Å²) in [5.41, 5.74) is 5.13. The number of anilines is 3. The number of nitrogens with one attached hydrogen (secondary N) is 2. The van der Waals surface area contributed by atoms with Gasteiger partial charge in [-0.2, -0.15) is 0 Å². The van der Waals surface area contributed by atoms with E-state index in [0.717, 1.165) is 28.3 Å². The summed E-state index contributed by atoms with van der Waals surface area (Å²) in [6.45, 7) is 5.85. The Morgan fingerprint density at radius 1 is 0.840 bits per heavy atom. The predicted molar refractivity (Wildman–Crippen MR) is 100 cm³/mol. The van der Waals surface area contributed by atoms with Crippen molar-refractivity contribution in [3.05, 3.63) is 77.1 Å². The van der Waals surface area contributed by atoms with Gasteiger partial charge in [-0.05, 0) is 68.8 Å². The molecule has 0 aliphatic heterocycles. The molecule has 0 fully saturated rings. The molecule has 0 aliphatic carbocycles. The van der Waals surface area contributed by atoms with Crippen molar-refractivity contribution in [1.82, 2.24) is 9.97 Å². The number of aromatic nitrogens is 2. The largest absolute Gasteiger partial charge is 0.324 e. The summed E-state index contributed by atoms with van der Waals surface area (Å²) < 4.78 is 0. The van der Waals surface area contributed by atoms with E-state index in [0.29, 0.717) is 11.5 Å². The van der Waals surface area contributed by atoms with E-state index in [1.54, 1.807) is 12.1 Å². The second kappa shape index (κ2) is 7.13. The molecule has 2 aromatic carbocycles. The van der Waals surface area contributed by atoms with Gasteiger partial charge in [0.1, 0.15) is 0 Å². The van der Waals surface area contributed by atoms with Gasteiger partial charge in [-0.25, -0.2) is 9.97 Å². The molecule has 0 atom stereocenters. The molecule has 0 spiro atoms. The molecule has 5 nitrogen and oxygen atoms in total. The Morgan fingerprint density at radius 3 is 2.16 bits per heavy atom. The van der Waals surface area contributed by atoms with Gasteiger partial charge < -0.3 is 10.6 Å². The lowest BCUT2D eigenvalue weighted by molar-refractivity contribution is 0.102. The number of aryl methyl sites for hydroxylation is 3. The molecule has 0 bridgehead atoms. The lowest BCUT2D eigenvalue weighted by atomic mass is 10.1. The van der Waals surface area contributed by atoms with Gasteiger partial charge in [0.05, 0.1) is 0 Å². The Kier molecular flexibility index (Phi) is 4.75. The fourth-order valence-electron chi connectivity index (χ4n) is 2.54. The summed E-state index contributed by atoms with van der Waals surface area (Å²) in [4.78, 5) is 21.0. The van der Waals surface area contributed by atoms with E-state index in [-0.39, 0.29) is 5.91 Å². The number of amides is 1. The molecular weight excluding hydrogens is 312 g/mol. The maximum absolute atomic E-state index is 12.3. The number of nitrogens with zero attached hydrogens (tertiary/aromatic N) is 2. The number of hydrogen-bond donors (Lipinski definition) is 2. The van der Waals surface area contributed by atoms with Crippen molar-refractivity contribution in [3.8, 4) is 0 Å². The summed E-state index contributed by atoms with van der Waals surface area (Å²) >= 11 is 0. The molecule has 2 N–H and O–H groups in total. The monoisotopic (exact) mass is 332 g/mol. The van der Waals surface area contributed by atoms with Crippen molar-refractivity contribution < 1.29 is 4.79 Å². The zero-order valence-corrected chi connectivity index (χ0v) is 14.5. The summed E-state index contributed by atoms with van der Waals surface area (Å²) in [5.74, 6) is 0.411. The minimum atomic E-state index is -0.139. The van der Waals surface area contributed by atoms with Gasteiger partial charge in [0.2, 0.25) is 5.95 Å². The summed E-state index contributed by atoms with van der Waals surface area (Å²) in [7, 11) is 0. The minimum Gasteiger partial charge on any atom is -0.324 e. The molecule has 0 aliphatic rings. The van der Waals surface area contributed by atoms with Crippen LogP contribution in [0.5, 0.6) is 0 Å². The Hall–Kier alpha value is -3.21. The van der Waals surface area contributed by atoms with E-state index >= 15 is 0 Å². The molecule has 1 heterocycles. The molecule has 3 rings (SSSR count). The Labute approximate surface area is 147 Å². The molecular formula is C20H20N4O. The lowest BCUT2D eigenvalue weighted by Crippen LogP contribution is -2.11. The third kappa shape index (κ3) is 4.41. The molecule has 0 saturated carbocycles. The molecule has 1 aromatic heterocycles. The zero-order valence-electron chi connectivity index (χ0n) is 14.5. The van der Waals surface area contributed by atoms with Crippen LogP contribution in [0.1, 0.15) is 27.3 Å². The van der Waals surface area contributed by atoms with Crippen LogP contribution in [0.3, 0.4) is 0 Å². The second-order valence-corrected chi connectivity index (χ2v) is 6.00. The van der Waals surface area contributed by atoms with Crippen molar-refractivity contribution >= 4 is 23.2 Å². The minimum absolute atomic E-state index is 0.139. The van der Waals surface area contributed by atoms with Crippen LogP contribution in [0.15, 0.2) is 54.6 Å². The predicted octanol–water partition coefficient (Wildman–Crippen LogP) is 4.40. The van der Waals surface area contributed by atoms with E-state index in [9.17, 15) is 4.79 Å². The van der Waals surface area contributed by atoms with Crippen molar-refractivity contribution in [2.75, 3.05) is 10.6 Å². The van der Waals surface area contributed by atoms with E-state index in [1.807, 2.05) is 63.2 Å². The van der Waals surface area contributed by atoms with Crippen LogP contribution in [0, 0.1) is 20.8 Å². The maximum atomic E-state index is 12.3. The molecule has 0 saturated heterocycles. The van der Waals surface area contributed by atoms with Crippen molar-refractivity contribution in [2.24, 2.45) is 0 Å². The van der Waals surface area contributed by atoms with Crippen LogP contribution in [0.4, 0.5) is 17.3 Å². The lowest BCUT2D eigenvalue weighted by Gasteiger charge is -2.09. The number of benzene rings is 2. The summed E-state index contributed by atoms with van der Waals surface area (Å²) in [6, 6.07) is 16.9. The SMILES string of the molecule is Cc1cccc(NC(=O)c2ccc(Nc3nc(C)cc(C)n3)cc2)c1. The van der Waals surface area contributed by atoms with E-state index in [2.05, 4.69) is 20.6 Å². The number of rotatable bonds is 4. The topological polar surface area (TPSA) is 66.9 Å². The first-order chi connectivity index (χ1) is 12.0. The fraction of sp³-hybridized carbons (Fsp3) is 0.150. The van der Waals surface area contributed by atoms with Gasteiger partial charge in [-0.3, -0.25) is 4.79 Å². The molecule has 3 aromatic rings. The van der Waals surface area contributed by atoms with Crippen LogP contribution >= 0.6 is 0 Å². The Bertz CT molecular complexity index is 884. The Morgan fingerprint density at radius 2 is 1.52 bits per heavy atom. The standard InChI is InChI=1S/C20H20N4O/c1-13-5-4-6-18(11-13)23-19(25)16-7-9-17(10-8-16)24-20-21-14(2)12-15(3)22-20/h4-12H,1-3H3,(H,23,25)(H,21,22,24). The van der Waals surface area contributed by atoms with Crippen molar-refractivity contribution in [1.29, 1.82) is 0 Å². The van der Waals surface area contributed by atoms with Gasteiger partial charge in [0.15, 0.2) is 0 Å². The molecule has 0 radical (unpaired) electrons. The van der Waals surface area contributed by atoms with Crippen LogP contribution in [0.2, 0.25) is 0 Å². The van der Waals surface area contributed by atoms with E-state index in [4.69, 9.17) is 0 Å². The summed E-state index contributed by atoms with van der Waals surface area (Å²) in [5, 5.41) is 6.05. The van der Waals surface area contributed by atoms with E-state index < -0.39 is 0 Å². The summed E-state index contributed by atoms with van der Waals surface area (Å²) in [6.07, 6.45) is 0. The molecule has 126 valence electrons. The van der Waals surface area contributed by atoms with Gasteiger partial charge in [0, 0.05) is 28.3 Å². The maximum Gasteiger partial charge on any atom is 0.255 e. The first kappa shape index (κ1) is 16.6. The van der Waals surface area contributed by atoms with Gasteiger partial charge >= 0.3 is 0 Å². The highest BCUT2D eigenvalue weighted by Crippen LogP contribution is 2.16. The second-order valence-electron chi connectivity index (χ2n) is 6.00. The zero-order chi connectivity index (χ0) is 17.8. The highest BCUT2D eigenvalue weighted by molar-refractivity contribution is 6.04. The average Bonchev–Trinajstić information content (AvgIpc) is 2.54. The first-order valence-electron chi connectivity index (χ1n) is 8.07. The fourth-order valence-corrected chi connectivity index (χ4v) is 2.54. The smallest absolute Gasteiger partial charge is 0.255 e. The number of hydrogen-bond acceptors (Lipinski definition) is 4. The van der Waals surface area contributed by atoms with Gasteiger partial charge in [-0.1, -0.05) is 12.1 Å². The average molecular weight is 332 g/mol. The van der Waals surface area contributed by atoms with Crippen LogP contribution in [-0.4, -0.2) is 15.9 Å². The van der Waals surface area contributed by atoms with Gasteiger partial charge in [0.25, 0.3) is 5.91 Å². The van der Waals surface area contributed by atoms with E-state index in [1.165, 1.54) is 0 Å². The highest BCUT2D eigenvalue weighted by atomic mass is 16.1. The van der Waals surface area contributed by atoms with Crippen LogP contribution < -0.4 is 10.6 Å². The third-order valence-corrected chi connectivity index (χ3v) is 3.66. The van der Waals surface area contributed by atoms with Crippen molar-refractivity contribution in [2.45, 2.75) is 20.8 Å². The number of carbonyl (C=O) groups is 1. The molecule has 25 heavy (non-hydrogen) atoms. The number of carbonyl (C=O) groups excluding carboxylic acids is 1. The highest BCUT2D eigenvalue weighted by Gasteiger charge is 2.07. The Balaban J connectivity index is 1.70. The first-order valence-corrected chi connectivity index (χ1v) is 8.07. The normalized spacial score (nSPS) is 10.4. The van der Waals surface area contributed by atoms with Crippen LogP contribution in [0.25, 0.3) is 0 Å².